The molecule has 1 aliphatic rings. The Hall–Kier alpha value is -2.68. The highest BCUT2D eigenvalue weighted by molar-refractivity contribution is 7.13. The predicted octanol–water partition coefficient (Wildman–Crippen LogP) is 1.30. The number of pyridine rings is 1. The van der Waals surface area contributed by atoms with Gasteiger partial charge in [-0.05, 0) is 19.1 Å². The molecule has 2 aromatic heterocycles. The minimum Gasteiger partial charge on any atom is -0.364 e. The molecule has 0 bridgehead atoms. The van der Waals surface area contributed by atoms with Crippen molar-refractivity contribution in [2.24, 2.45) is 5.73 Å². The Bertz CT molecular complexity index is 737. The normalized spacial score (nSPS) is 14.5. The lowest BCUT2D eigenvalue weighted by molar-refractivity contribution is 0.0995. The van der Waals surface area contributed by atoms with Gasteiger partial charge < -0.3 is 20.9 Å². The van der Waals surface area contributed by atoms with E-state index in [4.69, 9.17) is 5.73 Å². The highest BCUT2D eigenvalue weighted by atomic mass is 32.1. The summed E-state index contributed by atoms with van der Waals surface area (Å²) < 4.78 is 0. The van der Waals surface area contributed by atoms with E-state index in [1.54, 1.807) is 22.3 Å². The van der Waals surface area contributed by atoms with Gasteiger partial charge in [0.25, 0.3) is 5.91 Å². The highest BCUT2D eigenvalue weighted by Crippen LogP contribution is 2.21. The number of nitrogens with two attached hydrogens (primary N) is 1. The van der Waals surface area contributed by atoms with Crippen molar-refractivity contribution < 1.29 is 9.59 Å². The molecule has 8 nitrogen and oxygen atoms in total. The first-order valence-electron chi connectivity index (χ1n) is 7.52. The van der Waals surface area contributed by atoms with E-state index in [2.05, 4.69) is 20.2 Å². The molecular formula is C15H18N6O2S. The standard InChI is InChI=1S/C15H18N6O2S/c1-10-9-24-15(18-10)21-6-4-20(5-7-21)14(23)19-11-2-3-12(13(16)22)17-8-11/h2-3,8-9H,4-7H2,1H3,(H2,16,22)(H,19,23). The average molecular weight is 346 g/mol. The maximum absolute atomic E-state index is 12.3. The highest BCUT2D eigenvalue weighted by Gasteiger charge is 2.22. The van der Waals surface area contributed by atoms with Gasteiger partial charge in [-0.2, -0.15) is 0 Å². The van der Waals surface area contributed by atoms with Crippen LogP contribution < -0.4 is 16.0 Å². The third-order valence-corrected chi connectivity index (χ3v) is 4.73. The SMILES string of the molecule is Cc1csc(N2CCN(C(=O)Nc3ccc(C(N)=O)nc3)CC2)n1. The van der Waals surface area contributed by atoms with Crippen LogP contribution in [0.3, 0.4) is 0 Å². The molecule has 9 heteroatoms. The molecule has 0 radical (unpaired) electrons. The number of rotatable bonds is 3. The number of piperazine rings is 1. The number of nitrogens with one attached hydrogen (secondary N) is 1. The monoisotopic (exact) mass is 346 g/mol. The zero-order valence-corrected chi connectivity index (χ0v) is 14.0. The van der Waals surface area contributed by atoms with E-state index in [-0.39, 0.29) is 11.7 Å². The molecule has 3 N–H and O–H groups in total. The molecule has 0 unspecified atom stereocenters. The molecule has 126 valence electrons. The number of thiazole rings is 1. The van der Waals surface area contributed by atoms with Gasteiger partial charge in [-0.1, -0.05) is 0 Å². The van der Waals surface area contributed by atoms with E-state index in [1.165, 1.54) is 12.3 Å². The van der Waals surface area contributed by atoms with Crippen molar-refractivity contribution in [2.75, 3.05) is 36.4 Å². The summed E-state index contributed by atoms with van der Waals surface area (Å²) >= 11 is 1.62. The molecule has 0 spiro atoms. The molecule has 24 heavy (non-hydrogen) atoms. The summed E-state index contributed by atoms with van der Waals surface area (Å²) in [5.74, 6) is -0.596. The Kier molecular flexibility index (Phi) is 4.61. The number of amides is 3. The van der Waals surface area contributed by atoms with E-state index < -0.39 is 5.91 Å². The molecule has 1 aliphatic heterocycles. The van der Waals surface area contributed by atoms with Gasteiger partial charge in [0.05, 0.1) is 17.6 Å². The summed E-state index contributed by atoms with van der Waals surface area (Å²) in [6, 6.07) is 2.92. The predicted molar refractivity (Wildman–Crippen MR) is 92.4 cm³/mol. The summed E-state index contributed by atoms with van der Waals surface area (Å²) in [4.78, 5) is 35.6. The van der Waals surface area contributed by atoms with Crippen molar-refractivity contribution in [3.63, 3.8) is 0 Å². The number of nitrogens with zero attached hydrogens (tertiary/aromatic N) is 4. The second-order valence-corrected chi connectivity index (χ2v) is 6.31. The Morgan fingerprint density at radius 2 is 2.00 bits per heavy atom. The number of anilines is 2. The fraction of sp³-hybridized carbons (Fsp3) is 0.333. The average Bonchev–Trinajstić information content (AvgIpc) is 3.02. The van der Waals surface area contributed by atoms with E-state index in [1.807, 2.05) is 12.3 Å². The van der Waals surface area contributed by atoms with E-state index in [0.717, 1.165) is 23.9 Å². The van der Waals surface area contributed by atoms with Crippen molar-refractivity contribution in [3.8, 4) is 0 Å². The van der Waals surface area contributed by atoms with Crippen LogP contribution in [0.4, 0.5) is 15.6 Å². The molecule has 1 fully saturated rings. The molecule has 0 aromatic carbocycles. The minimum absolute atomic E-state index is 0.167. The number of hydrogen-bond donors (Lipinski definition) is 2. The number of aromatic nitrogens is 2. The molecular weight excluding hydrogens is 328 g/mol. The molecule has 0 saturated carbocycles. The Labute approximate surface area is 143 Å². The largest absolute Gasteiger partial charge is 0.364 e. The molecule has 3 rings (SSSR count). The van der Waals surface area contributed by atoms with Crippen LogP contribution in [0.15, 0.2) is 23.7 Å². The maximum atomic E-state index is 12.3. The summed E-state index contributed by atoms with van der Waals surface area (Å²) in [5.41, 5.74) is 6.85. The third-order valence-electron chi connectivity index (χ3n) is 3.71. The van der Waals surface area contributed by atoms with Gasteiger partial charge in [0.1, 0.15) is 5.69 Å². The van der Waals surface area contributed by atoms with Gasteiger partial charge >= 0.3 is 6.03 Å². The number of hydrogen-bond acceptors (Lipinski definition) is 6. The van der Waals surface area contributed by atoms with Crippen molar-refractivity contribution >= 4 is 34.1 Å². The van der Waals surface area contributed by atoms with Crippen LogP contribution >= 0.6 is 11.3 Å². The van der Waals surface area contributed by atoms with Crippen molar-refractivity contribution in [1.29, 1.82) is 0 Å². The molecule has 0 aliphatic carbocycles. The third kappa shape index (κ3) is 3.62. The summed E-state index contributed by atoms with van der Waals surface area (Å²) in [6.45, 7) is 4.72. The molecule has 3 amide bonds. The van der Waals surface area contributed by atoms with Gasteiger partial charge in [-0.3, -0.25) is 4.79 Å². The lowest BCUT2D eigenvalue weighted by Crippen LogP contribution is -2.50. The topological polar surface area (TPSA) is 104 Å². The Morgan fingerprint density at radius 1 is 1.25 bits per heavy atom. The second kappa shape index (κ2) is 6.83. The van der Waals surface area contributed by atoms with Crippen molar-refractivity contribution in [2.45, 2.75) is 6.92 Å². The van der Waals surface area contributed by atoms with Gasteiger partial charge in [-0.15, -0.1) is 11.3 Å². The van der Waals surface area contributed by atoms with E-state index in [0.29, 0.717) is 18.8 Å². The molecule has 3 heterocycles. The summed E-state index contributed by atoms with van der Waals surface area (Å²) in [7, 11) is 0. The van der Waals surface area contributed by atoms with Gasteiger partial charge in [-0.25, -0.2) is 14.8 Å². The van der Waals surface area contributed by atoms with Crippen LogP contribution in [0, 0.1) is 6.92 Å². The number of urea groups is 1. The first-order valence-corrected chi connectivity index (χ1v) is 8.40. The van der Waals surface area contributed by atoms with Gasteiger partial charge in [0.2, 0.25) is 0 Å². The molecule has 2 aromatic rings. The fourth-order valence-corrected chi connectivity index (χ4v) is 3.26. The first kappa shape index (κ1) is 16.2. The summed E-state index contributed by atoms with van der Waals surface area (Å²) in [5, 5.41) is 5.80. The van der Waals surface area contributed by atoms with Crippen LogP contribution in [-0.2, 0) is 0 Å². The van der Waals surface area contributed by atoms with Crippen molar-refractivity contribution in [3.05, 3.63) is 35.1 Å². The Morgan fingerprint density at radius 3 is 2.54 bits per heavy atom. The van der Waals surface area contributed by atoms with Crippen LogP contribution in [0.5, 0.6) is 0 Å². The first-order chi connectivity index (χ1) is 11.5. The number of aryl methyl sites for hydroxylation is 1. The quantitative estimate of drug-likeness (QED) is 0.872. The zero-order chi connectivity index (χ0) is 17.1. The number of carbonyl (C=O) groups is 2. The fourth-order valence-electron chi connectivity index (χ4n) is 2.40. The lowest BCUT2D eigenvalue weighted by Gasteiger charge is -2.34. The zero-order valence-electron chi connectivity index (χ0n) is 13.2. The van der Waals surface area contributed by atoms with Gasteiger partial charge in [0.15, 0.2) is 5.13 Å². The van der Waals surface area contributed by atoms with Crippen LogP contribution in [0.1, 0.15) is 16.2 Å². The van der Waals surface area contributed by atoms with Crippen LogP contribution in [0.25, 0.3) is 0 Å². The number of primary amides is 1. The number of carbonyl (C=O) groups excluding carboxylic acids is 2. The minimum atomic E-state index is -0.596. The molecule has 0 atom stereocenters. The van der Waals surface area contributed by atoms with Crippen molar-refractivity contribution in [1.82, 2.24) is 14.9 Å². The van der Waals surface area contributed by atoms with E-state index >= 15 is 0 Å². The molecule has 1 saturated heterocycles. The maximum Gasteiger partial charge on any atom is 0.322 e. The van der Waals surface area contributed by atoms with E-state index in [9.17, 15) is 9.59 Å². The van der Waals surface area contributed by atoms with Gasteiger partial charge in [0, 0.05) is 31.6 Å². The van der Waals surface area contributed by atoms with Crippen LogP contribution in [0.2, 0.25) is 0 Å². The second-order valence-electron chi connectivity index (χ2n) is 5.47. The lowest BCUT2D eigenvalue weighted by atomic mass is 10.3. The summed E-state index contributed by atoms with van der Waals surface area (Å²) in [6.07, 6.45) is 1.42. The Balaban J connectivity index is 1.54. The van der Waals surface area contributed by atoms with Crippen LogP contribution in [-0.4, -0.2) is 53.0 Å². The smallest absolute Gasteiger partial charge is 0.322 e.